The zero-order valence-electron chi connectivity index (χ0n) is 10.2. The predicted octanol–water partition coefficient (Wildman–Crippen LogP) is 3.88. The van der Waals surface area contributed by atoms with Gasteiger partial charge in [0.1, 0.15) is 10.7 Å². The third-order valence-electron chi connectivity index (χ3n) is 2.51. The number of halogens is 1. The van der Waals surface area contributed by atoms with Gasteiger partial charge in [-0.1, -0.05) is 24.4 Å². The Kier molecular flexibility index (Phi) is 4.39. The van der Waals surface area contributed by atoms with Gasteiger partial charge in [0.25, 0.3) is 0 Å². The Morgan fingerprint density at radius 3 is 2.37 bits per heavy atom. The van der Waals surface area contributed by atoms with E-state index in [0.29, 0.717) is 22.2 Å². The van der Waals surface area contributed by atoms with Gasteiger partial charge in [0.15, 0.2) is 11.5 Å². The molecular weight excluding hydrogens is 326 g/mol. The molecule has 0 aliphatic heterocycles. The third-order valence-corrected chi connectivity index (χ3v) is 3.36. The highest BCUT2D eigenvalue weighted by molar-refractivity contribution is 9.10. The van der Waals surface area contributed by atoms with Gasteiger partial charge in [0.05, 0.1) is 11.6 Å². The van der Waals surface area contributed by atoms with Gasteiger partial charge in [0.2, 0.25) is 0 Å². The lowest BCUT2D eigenvalue weighted by Crippen LogP contribution is -2.09. The summed E-state index contributed by atoms with van der Waals surface area (Å²) in [5, 5.41) is 0. The summed E-state index contributed by atoms with van der Waals surface area (Å²) >= 11 is 8.37. The van der Waals surface area contributed by atoms with Crippen LogP contribution in [0.1, 0.15) is 5.56 Å². The molecule has 0 saturated carbocycles. The van der Waals surface area contributed by atoms with Crippen LogP contribution in [0.25, 0.3) is 0 Å². The van der Waals surface area contributed by atoms with E-state index in [1.54, 1.807) is 7.11 Å². The average molecular weight is 338 g/mol. The van der Waals surface area contributed by atoms with E-state index in [0.717, 1.165) is 10.0 Å². The Hall–Kier alpha value is -1.59. The summed E-state index contributed by atoms with van der Waals surface area (Å²) in [5.41, 5.74) is 6.37. The van der Waals surface area contributed by atoms with Crippen molar-refractivity contribution in [1.29, 1.82) is 0 Å². The molecule has 0 atom stereocenters. The van der Waals surface area contributed by atoms with Crippen molar-refractivity contribution in [3.05, 3.63) is 52.5 Å². The van der Waals surface area contributed by atoms with E-state index < -0.39 is 0 Å². The SMILES string of the molecule is COc1ccccc1Oc1ccc(C(N)=S)cc1Br. The van der Waals surface area contributed by atoms with Crippen LogP contribution in [0.15, 0.2) is 46.9 Å². The first kappa shape index (κ1) is 13.8. The number of benzene rings is 2. The molecule has 0 amide bonds. The van der Waals surface area contributed by atoms with Crippen LogP contribution in [0.3, 0.4) is 0 Å². The van der Waals surface area contributed by atoms with Crippen molar-refractivity contribution in [1.82, 2.24) is 0 Å². The number of ether oxygens (including phenoxy) is 2. The van der Waals surface area contributed by atoms with Crippen LogP contribution < -0.4 is 15.2 Å². The van der Waals surface area contributed by atoms with Crippen LogP contribution in [0, 0.1) is 0 Å². The fourth-order valence-corrected chi connectivity index (χ4v) is 2.15. The van der Waals surface area contributed by atoms with Crippen molar-refractivity contribution in [2.75, 3.05) is 7.11 Å². The standard InChI is InChI=1S/C14H12BrNO2S/c1-17-12-4-2-3-5-13(12)18-11-7-6-9(14(16)19)8-10(11)15/h2-8H,1H3,(H2,16,19). The lowest BCUT2D eigenvalue weighted by molar-refractivity contribution is 0.378. The molecule has 0 heterocycles. The smallest absolute Gasteiger partial charge is 0.169 e. The van der Waals surface area contributed by atoms with Crippen molar-refractivity contribution in [3.8, 4) is 17.2 Å². The van der Waals surface area contributed by atoms with Crippen molar-refractivity contribution in [2.24, 2.45) is 5.73 Å². The zero-order chi connectivity index (χ0) is 13.8. The maximum absolute atomic E-state index is 5.81. The summed E-state index contributed by atoms with van der Waals surface area (Å²) in [5.74, 6) is 1.99. The largest absolute Gasteiger partial charge is 0.493 e. The molecule has 0 spiro atoms. The maximum atomic E-state index is 5.81. The molecule has 0 radical (unpaired) electrons. The predicted molar refractivity (Wildman–Crippen MR) is 83.1 cm³/mol. The summed E-state index contributed by atoms with van der Waals surface area (Å²) in [7, 11) is 1.60. The number of hydrogen-bond donors (Lipinski definition) is 1. The summed E-state index contributed by atoms with van der Waals surface area (Å²) in [4.78, 5) is 0.351. The second kappa shape index (κ2) is 6.04. The lowest BCUT2D eigenvalue weighted by atomic mass is 10.2. The van der Waals surface area contributed by atoms with Gasteiger partial charge in [-0.3, -0.25) is 0 Å². The number of para-hydroxylation sites is 2. The molecule has 98 valence electrons. The van der Waals surface area contributed by atoms with Gasteiger partial charge in [-0.15, -0.1) is 0 Å². The molecule has 2 N–H and O–H groups in total. The number of rotatable bonds is 4. The molecule has 0 bridgehead atoms. The molecule has 2 rings (SSSR count). The van der Waals surface area contributed by atoms with Gasteiger partial charge in [-0.2, -0.15) is 0 Å². The quantitative estimate of drug-likeness (QED) is 0.859. The number of methoxy groups -OCH3 is 1. The van der Waals surface area contributed by atoms with Crippen molar-refractivity contribution >= 4 is 33.1 Å². The van der Waals surface area contributed by atoms with Gasteiger partial charge in [0, 0.05) is 5.56 Å². The molecule has 3 nitrogen and oxygen atoms in total. The third kappa shape index (κ3) is 3.24. The molecule has 0 aliphatic rings. The average Bonchev–Trinajstić information content (AvgIpc) is 2.41. The number of thiocarbonyl (C=S) groups is 1. The molecule has 0 aliphatic carbocycles. The van der Waals surface area contributed by atoms with Crippen LogP contribution >= 0.6 is 28.1 Å². The fourth-order valence-electron chi connectivity index (χ4n) is 1.56. The molecule has 0 unspecified atom stereocenters. The van der Waals surface area contributed by atoms with E-state index in [1.165, 1.54) is 0 Å². The second-order valence-corrected chi connectivity index (χ2v) is 5.06. The van der Waals surface area contributed by atoms with Crippen molar-refractivity contribution in [3.63, 3.8) is 0 Å². The Bertz CT molecular complexity index is 616. The highest BCUT2D eigenvalue weighted by Gasteiger charge is 2.08. The molecular formula is C14H12BrNO2S. The van der Waals surface area contributed by atoms with E-state index in [4.69, 9.17) is 27.4 Å². The number of nitrogens with two attached hydrogens (primary N) is 1. The van der Waals surface area contributed by atoms with Crippen molar-refractivity contribution in [2.45, 2.75) is 0 Å². The van der Waals surface area contributed by atoms with Crippen LogP contribution in [0.2, 0.25) is 0 Å². The first-order valence-electron chi connectivity index (χ1n) is 5.52. The van der Waals surface area contributed by atoms with Gasteiger partial charge in [-0.25, -0.2) is 0 Å². The summed E-state index contributed by atoms with van der Waals surface area (Å²) < 4.78 is 11.8. The minimum Gasteiger partial charge on any atom is -0.493 e. The van der Waals surface area contributed by atoms with E-state index in [1.807, 2.05) is 42.5 Å². The molecule has 0 saturated heterocycles. The van der Waals surface area contributed by atoms with Crippen LogP contribution in [0.5, 0.6) is 17.2 Å². The zero-order valence-corrected chi connectivity index (χ0v) is 12.6. The van der Waals surface area contributed by atoms with Crippen LogP contribution in [0.4, 0.5) is 0 Å². The van der Waals surface area contributed by atoms with E-state index >= 15 is 0 Å². The molecule has 2 aromatic carbocycles. The second-order valence-electron chi connectivity index (χ2n) is 3.76. The highest BCUT2D eigenvalue weighted by atomic mass is 79.9. The normalized spacial score (nSPS) is 10.0. The highest BCUT2D eigenvalue weighted by Crippen LogP contribution is 2.35. The first-order chi connectivity index (χ1) is 9.11. The minimum atomic E-state index is 0.351. The van der Waals surface area contributed by atoms with Gasteiger partial charge >= 0.3 is 0 Å². The first-order valence-corrected chi connectivity index (χ1v) is 6.72. The lowest BCUT2D eigenvalue weighted by Gasteiger charge is -2.11. The van der Waals surface area contributed by atoms with Gasteiger partial charge < -0.3 is 15.2 Å². The van der Waals surface area contributed by atoms with E-state index in [2.05, 4.69) is 15.9 Å². The number of hydrogen-bond acceptors (Lipinski definition) is 3. The Morgan fingerprint density at radius 1 is 1.11 bits per heavy atom. The van der Waals surface area contributed by atoms with Crippen molar-refractivity contribution < 1.29 is 9.47 Å². The molecule has 2 aromatic rings. The Morgan fingerprint density at radius 2 is 1.79 bits per heavy atom. The van der Waals surface area contributed by atoms with Crippen LogP contribution in [-0.2, 0) is 0 Å². The van der Waals surface area contributed by atoms with E-state index in [9.17, 15) is 0 Å². The monoisotopic (exact) mass is 337 g/mol. The van der Waals surface area contributed by atoms with E-state index in [-0.39, 0.29) is 0 Å². The fraction of sp³-hybridized carbons (Fsp3) is 0.0714. The molecule has 19 heavy (non-hydrogen) atoms. The molecule has 0 fully saturated rings. The summed E-state index contributed by atoms with van der Waals surface area (Å²) in [6, 6.07) is 12.9. The summed E-state index contributed by atoms with van der Waals surface area (Å²) in [6.45, 7) is 0. The van der Waals surface area contributed by atoms with Gasteiger partial charge in [-0.05, 0) is 46.3 Å². The Balaban J connectivity index is 2.31. The minimum absolute atomic E-state index is 0.351. The topological polar surface area (TPSA) is 44.5 Å². The molecule has 0 aromatic heterocycles. The maximum Gasteiger partial charge on any atom is 0.169 e. The van der Waals surface area contributed by atoms with Crippen LogP contribution in [-0.4, -0.2) is 12.1 Å². The Labute approximate surface area is 125 Å². The summed E-state index contributed by atoms with van der Waals surface area (Å²) in [6.07, 6.45) is 0. The molecule has 5 heteroatoms.